The molecule has 2 rings (SSSR count). The number of aromatic amines is 1. The van der Waals surface area contributed by atoms with Crippen LogP contribution in [0.3, 0.4) is 0 Å². The van der Waals surface area contributed by atoms with Crippen LogP contribution in [0.2, 0.25) is 0 Å². The minimum Gasteiger partial charge on any atom is -0.310 e. The predicted octanol–water partition coefficient (Wildman–Crippen LogP) is 1.73. The van der Waals surface area contributed by atoms with E-state index in [1.54, 1.807) is 0 Å². The lowest BCUT2D eigenvalue weighted by molar-refractivity contribution is 0.543. The van der Waals surface area contributed by atoms with Crippen LogP contribution >= 0.6 is 11.3 Å². The molecule has 2 aromatic rings. The summed E-state index contributed by atoms with van der Waals surface area (Å²) in [4.78, 5) is 18.8. The molecular weight excluding hydrogens is 222 g/mol. The summed E-state index contributed by atoms with van der Waals surface area (Å²) in [5.74, 6) is 1.30. The van der Waals surface area contributed by atoms with Gasteiger partial charge in [-0.2, -0.15) is 0 Å². The molecule has 0 bridgehead atoms. The summed E-state index contributed by atoms with van der Waals surface area (Å²) in [5.41, 5.74) is 0.747. The maximum atomic E-state index is 11.6. The number of thiophene rings is 1. The van der Waals surface area contributed by atoms with E-state index in [9.17, 15) is 4.79 Å². The second kappa shape index (κ2) is 4.76. The first-order chi connectivity index (χ1) is 7.66. The average Bonchev–Trinajstić information content (AvgIpc) is 2.65. The van der Waals surface area contributed by atoms with E-state index in [4.69, 9.17) is 0 Å². The van der Waals surface area contributed by atoms with Crippen LogP contribution in [0.25, 0.3) is 10.2 Å². The Bertz CT molecular complexity index is 529. The van der Waals surface area contributed by atoms with Gasteiger partial charge < -0.3 is 10.3 Å². The van der Waals surface area contributed by atoms with Gasteiger partial charge in [0.25, 0.3) is 5.56 Å². The molecule has 2 N–H and O–H groups in total. The number of nitrogens with zero attached hydrogens (tertiary/aromatic N) is 1. The van der Waals surface area contributed by atoms with Crippen molar-refractivity contribution < 1.29 is 0 Å². The van der Waals surface area contributed by atoms with Gasteiger partial charge in [0.15, 0.2) is 0 Å². The fourth-order valence-corrected chi connectivity index (χ4v) is 2.21. The predicted molar refractivity (Wildman–Crippen MR) is 66.8 cm³/mol. The third kappa shape index (κ3) is 2.48. The number of aromatic nitrogens is 2. The van der Waals surface area contributed by atoms with Gasteiger partial charge in [-0.1, -0.05) is 13.8 Å². The van der Waals surface area contributed by atoms with Gasteiger partial charge in [0.1, 0.15) is 10.5 Å². The molecule has 0 saturated carbocycles. The van der Waals surface area contributed by atoms with Crippen molar-refractivity contribution in [3.05, 3.63) is 27.6 Å². The molecule has 86 valence electrons. The Kier molecular flexibility index (Phi) is 3.36. The Morgan fingerprint density at radius 3 is 3.12 bits per heavy atom. The number of hydrogen-bond donors (Lipinski definition) is 2. The van der Waals surface area contributed by atoms with Gasteiger partial charge in [0.2, 0.25) is 0 Å². The lowest BCUT2D eigenvalue weighted by Gasteiger charge is -2.06. The second-order valence-corrected chi connectivity index (χ2v) is 5.09. The van der Waals surface area contributed by atoms with Crippen LogP contribution in [-0.4, -0.2) is 16.5 Å². The summed E-state index contributed by atoms with van der Waals surface area (Å²) in [5, 5.41) is 5.14. The van der Waals surface area contributed by atoms with Gasteiger partial charge in [-0.25, -0.2) is 4.98 Å². The van der Waals surface area contributed by atoms with Crippen molar-refractivity contribution in [2.24, 2.45) is 5.92 Å². The Hall–Kier alpha value is -1.20. The number of nitrogens with one attached hydrogen (secondary N) is 2. The molecule has 0 aliphatic carbocycles. The van der Waals surface area contributed by atoms with E-state index in [-0.39, 0.29) is 5.56 Å². The SMILES string of the molecule is CC(C)CNCc1nc2ccsc2c(=O)[nH]1. The van der Waals surface area contributed by atoms with Crippen LogP contribution in [0.5, 0.6) is 0 Å². The summed E-state index contributed by atoms with van der Waals surface area (Å²) < 4.78 is 0.701. The molecule has 16 heavy (non-hydrogen) atoms. The Morgan fingerprint density at radius 1 is 1.56 bits per heavy atom. The second-order valence-electron chi connectivity index (χ2n) is 4.17. The Balaban J connectivity index is 2.16. The molecule has 0 aliphatic rings. The Morgan fingerprint density at radius 2 is 2.38 bits per heavy atom. The third-order valence-electron chi connectivity index (χ3n) is 2.21. The smallest absolute Gasteiger partial charge is 0.268 e. The van der Waals surface area contributed by atoms with Crippen LogP contribution in [0.15, 0.2) is 16.2 Å². The van der Waals surface area contributed by atoms with Crippen LogP contribution in [0, 0.1) is 5.92 Å². The maximum absolute atomic E-state index is 11.6. The van der Waals surface area contributed by atoms with Gasteiger partial charge in [-0.15, -0.1) is 11.3 Å². The van der Waals surface area contributed by atoms with E-state index >= 15 is 0 Å². The van der Waals surface area contributed by atoms with Crippen molar-refractivity contribution in [2.45, 2.75) is 20.4 Å². The van der Waals surface area contributed by atoms with Gasteiger partial charge in [0, 0.05) is 0 Å². The van der Waals surface area contributed by atoms with E-state index in [2.05, 4.69) is 29.1 Å². The zero-order chi connectivity index (χ0) is 11.5. The molecule has 0 radical (unpaired) electrons. The van der Waals surface area contributed by atoms with Gasteiger partial charge in [-0.3, -0.25) is 4.79 Å². The first-order valence-corrected chi connectivity index (χ1v) is 6.22. The van der Waals surface area contributed by atoms with E-state index in [0.29, 0.717) is 23.0 Å². The molecule has 2 aromatic heterocycles. The largest absolute Gasteiger partial charge is 0.310 e. The number of rotatable bonds is 4. The molecule has 5 heteroatoms. The topological polar surface area (TPSA) is 57.8 Å². The first kappa shape index (κ1) is 11.3. The quantitative estimate of drug-likeness (QED) is 0.851. The van der Waals surface area contributed by atoms with Crippen molar-refractivity contribution >= 4 is 21.6 Å². The third-order valence-corrected chi connectivity index (χ3v) is 3.11. The zero-order valence-electron chi connectivity index (χ0n) is 9.41. The molecular formula is C11H15N3OS. The van der Waals surface area contributed by atoms with Crippen LogP contribution in [0.4, 0.5) is 0 Å². The first-order valence-electron chi connectivity index (χ1n) is 5.34. The van der Waals surface area contributed by atoms with Crippen LogP contribution in [-0.2, 0) is 6.54 Å². The summed E-state index contributed by atoms with van der Waals surface area (Å²) in [6, 6.07) is 1.88. The monoisotopic (exact) mass is 237 g/mol. The van der Waals surface area contributed by atoms with E-state index in [1.165, 1.54) is 11.3 Å². The zero-order valence-corrected chi connectivity index (χ0v) is 10.2. The van der Waals surface area contributed by atoms with E-state index in [0.717, 1.165) is 12.1 Å². The van der Waals surface area contributed by atoms with E-state index in [1.807, 2.05) is 11.4 Å². The fraction of sp³-hybridized carbons (Fsp3) is 0.455. The van der Waals surface area contributed by atoms with Crippen molar-refractivity contribution in [3.8, 4) is 0 Å². The number of fused-ring (bicyclic) bond motifs is 1. The summed E-state index contributed by atoms with van der Waals surface area (Å²) >= 11 is 1.42. The fourth-order valence-electron chi connectivity index (χ4n) is 1.48. The maximum Gasteiger partial charge on any atom is 0.268 e. The molecule has 2 heterocycles. The minimum atomic E-state index is -0.0404. The number of hydrogen-bond acceptors (Lipinski definition) is 4. The molecule has 0 amide bonds. The standard InChI is InChI=1S/C11H15N3OS/c1-7(2)5-12-6-9-13-8-3-4-16-10(8)11(15)14-9/h3-4,7,12H,5-6H2,1-2H3,(H,13,14,15). The van der Waals surface area contributed by atoms with Gasteiger partial charge in [0.05, 0.1) is 12.1 Å². The average molecular weight is 237 g/mol. The molecule has 0 fully saturated rings. The Labute approximate surface area is 97.7 Å². The highest BCUT2D eigenvalue weighted by atomic mass is 32.1. The highest BCUT2D eigenvalue weighted by Crippen LogP contribution is 2.13. The number of H-pyrrole nitrogens is 1. The van der Waals surface area contributed by atoms with Gasteiger partial charge in [-0.05, 0) is 23.9 Å². The molecule has 4 nitrogen and oxygen atoms in total. The summed E-state index contributed by atoms with van der Waals surface area (Å²) in [7, 11) is 0. The lowest BCUT2D eigenvalue weighted by Crippen LogP contribution is -2.22. The highest BCUT2D eigenvalue weighted by molar-refractivity contribution is 7.17. The minimum absolute atomic E-state index is 0.0404. The van der Waals surface area contributed by atoms with Crippen molar-refractivity contribution in [2.75, 3.05) is 6.54 Å². The van der Waals surface area contributed by atoms with E-state index < -0.39 is 0 Å². The summed E-state index contributed by atoms with van der Waals surface area (Å²) in [6.07, 6.45) is 0. The molecule has 0 atom stereocenters. The molecule has 0 aromatic carbocycles. The van der Waals surface area contributed by atoms with Crippen LogP contribution < -0.4 is 10.9 Å². The normalized spacial score (nSPS) is 11.4. The van der Waals surface area contributed by atoms with Crippen LogP contribution in [0.1, 0.15) is 19.7 Å². The lowest BCUT2D eigenvalue weighted by atomic mass is 10.2. The summed E-state index contributed by atoms with van der Waals surface area (Å²) in [6.45, 7) is 5.82. The van der Waals surface area contributed by atoms with Crippen molar-refractivity contribution in [1.82, 2.24) is 15.3 Å². The van der Waals surface area contributed by atoms with Gasteiger partial charge >= 0.3 is 0 Å². The molecule has 0 unspecified atom stereocenters. The molecule has 0 aliphatic heterocycles. The van der Waals surface area contributed by atoms with Crippen molar-refractivity contribution in [1.29, 1.82) is 0 Å². The molecule has 0 saturated heterocycles. The van der Waals surface area contributed by atoms with Crippen molar-refractivity contribution in [3.63, 3.8) is 0 Å². The highest BCUT2D eigenvalue weighted by Gasteiger charge is 2.04. The molecule has 0 spiro atoms.